The molecule has 0 atom stereocenters. The van der Waals surface area contributed by atoms with E-state index in [2.05, 4.69) is 18.2 Å². The van der Waals surface area contributed by atoms with E-state index in [0.29, 0.717) is 38.9 Å². The Morgan fingerprint density at radius 1 is 0.931 bits per heavy atom. The summed E-state index contributed by atoms with van der Waals surface area (Å²) < 4.78 is 0. The molecule has 2 aromatic heterocycles. The second kappa shape index (κ2) is 9.37. The first-order valence-electron chi connectivity index (χ1n) is 9.91. The van der Waals surface area contributed by atoms with E-state index in [0.717, 1.165) is 12.1 Å². The van der Waals surface area contributed by atoms with Gasteiger partial charge in [-0.05, 0) is 47.4 Å². The highest BCUT2D eigenvalue weighted by atomic mass is 32.1. The lowest BCUT2D eigenvalue weighted by Gasteiger charge is -2.29. The first kappa shape index (κ1) is 19.9. The van der Waals surface area contributed by atoms with E-state index in [9.17, 15) is 9.59 Å². The highest BCUT2D eigenvalue weighted by Gasteiger charge is 2.24. The predicted molar refractivity (Wildman–Crippen MR) is 119 cm³/mol. The number of amides is 2. The van der Waals surface area contributed by atoms with E-state index in [-0.39, 0.29) is 11.8 Å². The molecule has 150 valence electrons. The third-order valence-corrected chi connectivity index (χ3v) is 6.89. The smallest absolute Gasteiger partial charge is 0.227 e. The zero-order valence-corrected chi connectivity index (χ0v) is 17.9. The van der Waals surface area contributed by atoms with Gasteiger partial charge >= 0.3 is 0 Å². The van der Waals surface area contributed by atoms with Crippen molar-refractivity contribution in [3.63, 3.8) is 0 Å². The summed E-state index contributed by atoms with van der Waals surface area (Å²) in [7, 11) is 0. The van der Waals surface area contributed by atoms with Gasteiger partial charge < -0.3 is 9.80 Å². The van der Waals surface area contributed by atoms with E-state index in [1.807, 2.05) is 50.9 Å². The van der Waals surface area contributed by atoms with Gasteiger partial charge in [0.1, 0.15) is 0 Å². The normalized spacial score (nSPS) is 13.4. The minimum atomic E-state index is 0.143. The number of carbonyl (C=O) groups excluding carboxylic acids is 2. The molecule has 0 unspecified atom stereocenters. The average molecular weight is 425 g/mol. The lowest BCUT2D eigenvalue weighted by atomic mass is 10.0. The van der Waals surface area contributed by atoms with Crippen LogP contribution in [0.25, 0.3) is 0 Å². The fourth-order valence-corrected chi connectivity index (χ4v) is 5.14. The molecule has 0 saturated carbocycles. The monoisotopic (exact) mass is 424 g/mol. The quantitative estimate of drug-likeness (QED) is 0.505. The SMILES string of the molecule is O=C(CCCN1C(=O)CCc2ccccc21)N(Cc1cccs1)Cc1cccs1. The van der Waals surface area contributed by atoms with Crippen molar-refractivity contribution in [1.29, 1.82) is 0 Å². The Hall–Kier alpha value is -2.44. The van der Waals surface area contributed by atoms with Gasteiger partial charge in [0.2, 0.25) is 11.8 Å². The molecule has 6 heteroatoms. The summed E-state index contributed by atoms with van der Waals surface area (Å²) in [5, 5.41) is 4.09. The molecule has 0 radical (unpaired) electrons. The summed E-state index contributed by atoms with van der Waals surface area (Å²) >= 11 is 3.35. The Kier molecular flexibility index (Phi) is 6.42. The van der Waals surface area contributed by atoms with Crippen LogP contribution in [0.15, 0.2) is 59.3 Å². The molecular weight excluding hydrogens is 400 g/mol. The van der Waals surface area contributed by atoms with Crippen molar-refractivity contribution in [2.24, 2.45) is 0 Å². The molecule has 1 aliphatic rings. The number of fused-ring (bicyclic) bond motifs is 1. The zero-order chi connectivity index (χ0) is 20.1. The molecule has 0 fully saturated rings. The summed E-state index contributed by atoms with van der Waals surface area (Å²) in [6.07, 6.45) is 2.47. The van der Waals surface area contributed by atoms with Crippen LogP contribution in [0.1, 0.15) is 34.6 Å². The zero-order valence-electron chi connectivity index (χ0n) is 16.3. The van der Waals surface area contributed by atoms with Crippen LogP contribution in [-0.2, 0) is 29.1 Å². The Labute approximate surface area is 179 Å². The maximum atomic E-state index is 13.0. The molecule has 0 N–H and O–H groups in total. The molecule has 0 spiro atoms. The van der Waals surface area contributed by atoms with Crippen molar-refractivity contribution in [2.45, 2.75) is 38.8 Å². The Morgan fingerprint density at radius 3 is 2.28 bits per heavy atom. The number of para-hydroxylation sites is 1. The third kappa shape index (κ3) is 4.95. The van der Waals surface area contributed by atoms with Crippen LogP contribution >= 0.6 is 22.7 Å². The first-order chi connectivity index (χ1) is 14.2. The van der Waals surface area contributed by atoms with Crippen LogP contribution in [-0.4, -0.2) is 23.3 Å². The molecule has 1 aromatic carbocycles. The number of rotatable bonds is 8. The van der Waals surface area contributed by atoms with Gasteiger partial charge in [-0.25, -0.2) is 0 Å². The highest BCUT2D eigenvalue weighted by Crippen LogP contribution is 2.28. The van der Waals surface area contributed by atoms with Gasteiger partial charge in [-0.1, -0.05) is 30.3 Å². The maximum Gasteiger partial charge on any atom is 0.227 e. The molecule has 3 heterocycles. The number of anilines is 1. The van der Waals surface area contributed by atoms with Crippen molar-refractivity contribution in [3.05, 3.63) is 74.6 Å². The van der Waals surface area contributed by atoms with Crippen molar-refractivity contribution in [2.75, 3.05) is 11.4 Å². The molecule has 0 bridgehead atoms. The van der Waals surface area contributed by atoms with Crippen molar-refractivity contribution < 1.29 is 9.59 Å². The largest absolute Gasteiger partial charge is 0.332 e. The third-order valence-electron chi connectivity index (χ3n) is 5.17. The van der Waals surface area contributed by atoms with Gasteiger partial charge in [0.25, 0.3) is 0 Å². The molecule has 3 aromatic rings. The maximum absolute atomic E-state index is 13.0. The Balaban J connectivity index is 1.38. The van der Waals surface area contributed by atoms with E-state index < -0.39 is 0 Å². The standard InChI is InChI=1S/C23H24N2O2S2/c26-22(24(16-19-7-4-14-28-19)17-20-8-5-15-29-20)10-3-13-25-21-9-2-1-6-18(21)11-12-23(25)27/h1-2,4-9,14-15H,3,10-13,16-17H2. The lowest BCUT2D eigenvalue weighted by Crippen LogP contribution is -2.36. The highest BCUT2D eigenvalue weighted by molar-refractivity contribution is 7.10. The summed E-state index contributed by atoms with van der Waals surface area (Å²) in [5.74, 6) is 0.301. The fraction of sp³-hybridized carbons (Fsp3) is 0.304. The Morgan fingerprint density at radius 2 is 1.62 bits per heavy atom. The Bertz CT molecular complexity index is 915. The number of carbonyl (C=O) groups is 2. The number of benzene rings is 1. The number of hydrogen-bond donors (Lipinski definition) is 0. The molecule has 0 saturated heterocycles. The topological polar surface area (TPSA) is 40.6 Å². The average Bonchev–Trinajstić information content (AvgIpc) is 3.43. The summed E-state index contributed by atoms with van der Waals surface area (Å²) in [5.41, 5.74) is 2.22. The summed E-state index contributed by atoms with van der Waals surface area (Å²) in [6.45, 7) is 1.87. The number of hydrogen-bond acceptors (Lipinski definition) is 4. The second-order valence-corrected chi connectivity index (χ2v) is 9.25. The van der Waals surface area contributed by atoms with Gasteiger partial charge in [-0.3, -0.25) is 9.59 Å². The van der Waals surface area contributed by atoms with E-state index in [1.54, 1.807) is 22.7 Å². The predicted octanol–water partition coefficient (Wildman–Crippen LogP) is 5.10. The second-order valence-electron chi connectivity index (χ2n) is 7.19. The van der Waals surface area contributed by atoms with E-state index in [1.165, 1.54) is 15.3 Å². The first-order valence-corrected chi connectivity index (χ1v) is 11.7. The molecule has 4 nitrogen and oxygen atoms in total. The summed E-state index contributed by atoms with van der Waals surface area (Å²) in [6, 6.07) is 16.3. The minimum Gasteiger partial charge on any atom is -0.332 e. The molecule has 2 amide bonds. The van der Waals surface area contributed by atoms with Crippen molar-refractivity contribution in [3.8, 4) is 0 Å². The van der Waals surface area contributed by atoms with Crippen LogP contribution in [0, 0.1) is 0 Å². The molecule has 0 aliphatic carbocycles. The summed E-state index contributed by atoms with van der Waals surface area (Å²) in [4.78, 5) is 31.6. The molecule has 1 aliphatic heterocycles. The van der Waals surface area contributed by atoms with Crippen LogP contribution in [0.3, 0.4) is 0 Å². The number of nitrogens with zero attached hydrogens (tertiary/aromatic N) is 2. The van der Waals surface area contributed by atoms with Gasteiger partial charge in [-0.15, -0.1) is 22.7 Å². The molecular formula is C23H24N2O2S2. The van der Waals surface area contributed by atoms with Gasteiger partial charge in [0.15, 0.2) is 0 Å². The van der Waals surface area contributed by atoms with Gasteiger partial charge in [0, 0.05) is 34.8 Å². The van der Waals surface area contributed by atoms with E-state index in [4.69, 9.17) is 0 Å². The van der Waals surface area contributed by atoms with Crippen molar-refractivity contribution in [1.82, 2.24) is 4.90 Å². The molecule has 4 rings (SSSR count). The fourth-order valence-electron chi connectivity index (χ4n) is 3.70. The number of thiophene rings is 2. The van der Waals surface area contributed by atoms with Gasteiger partial charge in [-0.2, -0.15) is 0 Å². The lowest BCUT2D eigenvalue weighted by molar-refractivity contribution is -0.132. The van der Waals surface area contributed by atoms with Gasteiger partial charge in [0.05, 0.1) is 13.1 Å². The van der Waals surface area contributed by atoms with Crippen LogP contribution in [0.2, 0.25) is 0 Å². The molecule has 29 heavy (non-hydrogen) atoms. The van der Waals surface area contributed by atoms with Crippen LogP contribution in [0.4, 0.5) is 5.69 Å². The van der Waals surface area contributed by atoms with Crippen molar-refractivity contribution >= 4 is 40.2 Å². The van der Waals surface area contributed by atoms with Crippen LogP contribution in [0.5, 0.6) is 0 Å². The number of aryl methyl sites for hydroxylation is 1. The minimum absolute atomic E-state index is 0.143. The van der Waals surface area contributed by atoms with Crippen LogP contribution < -0.4 is 4.90 Å². The van der Waals surface area contributed by atoms with E-state index >= 15 is 0 Å².